The third kappa shape index (κ3) is 6.06. The lowest BCUT2D eigenvalue weighted by Gasteiger charge is -2.41. The van der Waals surface area contributed by atoms with E-state index in [2.05, 4.69) is 70.2 Å². The second kappa shape index (κ2) is 12.8. The Balaban J connectivity index is 1.30. The maximum Gasteiger partial charge on any atom is 0.318 e. The molecule has 2 aromatic heterocycles. The third-order valence-corrected chi connectivity index (χ3v) is 9.55. The molecule has 1 aliphatic carbocycles. The second-order valence-electron chi connectivity index (χ2n) is 12.3. The summed E-state index contributed by atoms with van der Waals surface area (Å²) in [6, 6.07) is 7.02. The topological polar surface area (TPSA) is 82.3 Å². The number of nitrogens with zero attached hydrogens (tertiary/aromatic N) is 8. The molecular formula is C34H42N8O2. The number of likely N-dealkylation sites (N-methyl/N-ethyl adjacent to an activating group) is 1. The summed E-state index contributed by atoms with van der Waals surface area (Å²) in [6.45, 7) is 20.2. The summed E-state index contributed by atoms with van der Waals surface area (Å²) in [5.74, 6) is 1.52. The number of amides is 1. The van der Waals surface area contributed by atoms with Crippen molar-refractivity contribution in [3.05, 3.63) is 71.5 Å². The largest absolute Gasteiger partial charge is 0.462 e. The lowest BCUT2D eigenvalue weighted by atomic mass is 10.0. The number of benzene rings is 1. The minimum Gasteiger partial charge on any atom is -0.462 e. The zero-order valence-electron chi connectivity index (χ0n) is 26.1. The Hall–Kier alpha value is -4.23. The van der Waals surface area contributed by atoms with Crippen LogP contribution in [0, 0.1) is 19.4 Å². The summed E-state index contributed by atoms with van der Waals surface area (Å²) in [6.07, 6.45) is 8.62. The van der Waals surface area contributed by atoms with Gasteiger partial charge in [0.05, 0.1) is 24.1 Å². The van der Waals surface area contributed by atoms with Gasteiger partial charge in [-0.15, -0.1) is 0 Å². The first kappa shape index (κ1) is 29.8. The number of aryl methyl sites for hydroxylation is 1. The van der Waals surface area contributed by atoms with Gasteiger partial charge < -0.3 is 29.2 Å². The van der Waals surface area contributed by atoms with Gasteiger partial charge >= 0.3 is 6.01 Å². The van der Waals surface area contributed by atoms with E-state index in [1.165, 1.54) is 29.9 Å². The Morgan fingerprint density at radius 3 is 2.84 bits per heavy atom. The highest BCUT2D eigenvalue weighted by molar-refractivity contribution is 5.96. The molecule has 1 aromatic carbocycles. The number of hydrogen-bond acceptors (Lipinski definition) is 8. The van der Waals surface area contributed by atoms with E-state index in [1.54, 1.807) is 4.90 Å². The molecule has 0 N–H and O–H groups in total. The average Bonchev–Trinajstić information content (AvgIpc) is 3.89. The lowest BCUT2D eigenvalue weighted by Crippen LogP contribution is -2.56. The quantitative estimate of drug-likeness (QED) is 0.256. The van der Waals surface area contributed by atoms with Crippen molar-refractivity contribution in [1.82, 2.24) is 24.8 Å². The Morgan fingerprint density at radius 1 is 1.23 bits per heavy atom. The Bertz CT molecular complexity index is 1580. The number of ether oxygens (including phenoxy) is 1. The normalized spacial score (nSPS) is 19.1. The van der Waals surface area contributed by atoms with Crippen molar-refractivity contribution in [2.24, 2.45) is 5.92 Å². The lowest BCUT2D eigenvalue weighted by molar-refractivity contribution is -0.128. The molecule has 2 atom stereocenters. The van der Waals surface area contributed by atoms with E-state index in [0.717, 1.165) is 53.6 Å². The van der Waals surface area contributed by atoms with Crippen LogP contribution in [0.4, 0.5) is 11.5 Å². The van der Waals surface area contributed by atoms with Gasteiger partial charge in [0.25, 0.3) is 0 Å². The highest BCUT2D eigenvalue weighted by Gasteiger charge is 2.35. The molecule has 0 bridgehead atoms. The molecule has 0 radical (unpaired) electrons. The van der Waals surface area contributed by atoms with Crippen molar-refractivity contribution in [2.45, 2.75) is 51.7 Å². The molecule has 0 spiro atoms. The molecule has 3 aromatic rings. The zero-order chi connectivity index (χ0) is 30.8. The number of carbonyl (C=O) groups excluding carboxylic acids is 1. The number of rotatable bonds is 10. The minimum atomic E-state index is -0.232. The van der Waals surface area contributed by atoms with Crippen LogP contribution in [-0.2, 0) is 17.8 Å². The molecule has 4 heterocycles. The monoisotopic (exact) mass is 594 g/mol. The van der Waals surface area contributed by atoms with Crippen LogP contribution in [0.5, 0.6) is 6.01 Å². The molecule has 1 saturated heterocycles. The van der Waals surface area contributed by atoms with Gasteiger partial charge in [0.15, 0.2) is 0 Å². The van der Waals surface area contributed by atoms with E-state index in [9.17, 15) is 4.79 Å². The fraction of sp³-hybridized carbons (Fsp3) is 0.500. The van der Waals surface area contributed by atoms with Gasteiger partial charge in [0.1, 0.15) is 18.5 Å². The molecule has 2 fully saturated rings. The van der Waals surface area contributed by atoms with Crippen LogP contribution in [0.2, 0.25) is 0 Å². The fourth-order valence-electron chi connectivity index (χ4n) is 6.70. The van der Waals surface area contributed by atoms with Gasteiger partial charge in [-0.05, 0) is 57.7 Å². The summed E-state index contributed by atoms with van der Waals surface area (Å²) in [4.78, 5) is 39.4. The smallest absolute Gasteiger partial charge is 0.318 e. The number of aromatic nitrogens is 3. The Labute approximate surface area is 260 Å². The SMILES string of the molecule is [C-]#[N+]C[C@H]1CN(c2nc(OCCN(C)[C@@H](C)C3CC3)nc3c2CCN(c2cncc4cccc(C)c24)C3)CCN1C(=O)C=C. The van der Waals surface area contributed by atoms with E-state index in [0.29, 0.717) is 44.8 Å². The first-order valence-corrected chi connectivity index (χ1v) is 15.7. The molecule has 1 saturated carbocycles. The predicted octanol–water partition coefficient (Wildman–Crippen LogP) is 4.13. The van der Waals surface area contributed by atoms with E-state index in [4.69, 9.17) is 21.3 Å². The molecule has 1 amide bonds. The fourth-order valence-corrected chi connectivity index (χ4v) is 6.70. The molecule has 0 unspecified atom stereocenters. The summed E-state index contributed by atoms with van der Waals surface area (Å²) in [7, 11) is 2.16. The zero-order valence-corrected chi connectivity index (χ0v) is 26.1. The van der Waals surface area contributed by atoms with Gasteiger partial charge in [-0.3, -0.25) is 9.78 Å². The number of piperazine rings is 1. The van der Waals surface area contributed by atoms with E-state index >= 15 is 0 Å². The third-order valence-electron chi connectivity index (χ3n) is 9.55. The first-order valence-electron chi connectivity index (χ1n) is 15.7. The number of carbonyl (C=O) groups is 1. The van der Waals surface area contributed by atoms with Crippen molar-refractivity contribution in [3.63, 3.8) is 0 Å². The molecule has 10 heteroatoms. The Kier molecular flexibility index (Phi) is 8.67. The van der Waals surface area contributed by atoms with Crippen LogP contribution < -0.4 is 14.5 Å². The van der Waals surface area contributed by atoms with Crippen LogP contribution in [-0.4, -0.2) is 95.7 Å². The molecule has 2 aliphatic heterocycles. The predicted molar refractivity (Wildman–Crippen MR) is 173 cm³/mol. The standard InChI is InChI=1S/C34H42N8O2/c1-6-31(43)42-15-14-41(21-27(42)19-35-4)33-28-12-13-40(30-20-36-18-26-9-7-8-23(2)32(26)30)22-29(28)37-34(38-33)44-17-16-39(5)24(3)25-10-11-25/h6-9,18,20,24-25,27H,1,10-17,19,21-22H2,2-3,5H3/t24-,27-/m0/s1. The Morgan fingerprint density at radius 2 is 2.07 bits per heavy atom. The van der Waals surface area contributed by atoms with Gasteiger partial charge in [0, 0.05) is 61.3 Å². The van der Waals surface area contributed by atoms with E-state index in [1.807, 2.05) is 12.4 Å². The second-order valence-corrected chi connectivity index (χ2v) is 12.3. The van der Waals surface area contributed by atoms with Gasteiger partial charge in [0.2, 0.25) is 12.5 Å². The maximum absolute atomic E-state index is 12.6. The number of hydrogen-bond donors (Lipinski definition) is 0. The molecule has 44 heavy (non-hydrogen) atoms. The summed E-state index contributed by atoms with van der Waals surface area (Å²) >= 11 is 0. The van der Waals surface area contributed by atoms with E-state index in [-0.39, 0.29) is 18.5 Å². The van der Waals surface area contributed by atoms with Crippen molar-refractivity contribution in [2.75, 3.05) is 62.7 Å². The van der Waals surface area contributed by atoms with Crippen LogP contribution in [0.25, 0.3) is 15.6 Å². The molecule has 230 valence electrons. The minimum absolute atomic E-state index is 0.133. The number of pyridine rings is 1. The summed E-state index contributed by atoms with van der Waals surface area (Å²) in [5, 5.41) is 2.34. The number of fused-ring (bicyclic) bond motifs is 2. The highest BCUT2D eigenvalue weighted by Crippen LogP contribution is 2.36. The summed E-state index contributed by atoms with van der Waals surface area (Å²) in [5.41, 5.74) is 4.40. The van der Waals surface area contributed by atoms with Crippen LogP contribution in [0.15, 0.2) is 43.2 Å². The maximum atomic E-state index is 12.6. The van der Waals surface area contributed by atoms with Crippen molar-refractivity contribution in [1.29, 1.82) is 0 Å². The number of anilines is 2. The van der Waals surface area contributed by atoms with Crippen LogP contribution >= 0.6 is 0 Å². The molecule has 10 nitrogen and oxygen atoms in total. The van der Waals surface area contributed by atoms with Crippen molar-refractivity contribution < 1.29 is 9.53 Å². The highest BCUT2D eigenvalue weighted by atomic mass is 16.5. The summed E-state index contributed by atoms with van der Waals surface area (Å²) < 4.78 is 6.26. The molecule has 3 aliphatic rings. The van der Waals surface area contributed by atoms with Gasteiger partial charge in [-0.25, -0.2) is 6.57 Å². The molecule has 6 rings (SSSR count). The van der Waals surface area contributed by atoms with Crippen molar-refractivity contribution in [3.8, 4) is 6.01 Å². The van der Waals surface area contributed by atoms with Crippen molar-refractivity contribution >= 4 is 28.2 Å². The van der Waals surface area contributed by atoms with Gasteiger partial charge in [-0.2, -0.15) is 9.97 Å². The average molecular weight is 595 g/mol. The van der Waals surface area contributed by atoms with Crippen LogP contribution in [0.1, 0.15) is 36.6 Å². The van der Waals surface area contributed by atoms with E-state index < -0.39 is 0 Å². The first-order chi connectivity index (χ1) is 21.4. The van der Waals surface area contributed by atoms with Crippen LogP contribution in [0.3, 0.4) is 0 Å². The molecular weight excluding hydrogens is 552 g/mol. The van der Waals surface area contributed by atoms with Gasteiger partial charge in [-0.1, -0.05) is 24.8 Å².